The number of fused-ring (bicyclic) bond motifs is 1. The monoisotopic (exact) mass is 640 g/mol. The van der Waals surface area contributed by atoms with Crippen molar-refractivity contribution in [1.29, 1.82) is 0 Å². The summed E-state index contributed by atoms with van der Waals surface area (Å²) in [6.45, 7) is 4.50. The molecule has 8 nitrogen and oxygen atoms in total. The summed E-state index contributed by atoms with van der Waals surface area (Å²) in [5.41, 5.74) is 2.25. The minimum atomic E-state index is -4.95. The number of alkyl halides is 3. The quantitative estimate of drug-likeness (QED) is 0.192. The fourth-order valence-electron chi connectivity index (χ4n) is 5.29. The largest absolute Gasteiger partial charge is 0.573 e. The van der Waals surface area contributed by atoms with Gasteiger partial charge >= 0.3 is 12.3 Å². The van der Waals surface area contributed by atoms with Gasteiger partial charge in [0.1, 0.15) is 17.0 Å². The van der Waals surface area contributed by atoms with Crippen LogP contribution in [0.5, 0.6) is 5.75 Å². The van der Waals surface area contributed by atoms with Gasteiger partial charge in [-0.15, -0.1) is 13.2 Å². The average Bonchev–Trinajstić information content (AvgIpc) is 3.55. The van der Waals surface area contributed by atoms with Gasteiger partial charge in [-0.05, 0) is 44.0 Å². The maximum atomic E-state index is 13.2. The van der Waals surface area contributed by atoms with Crippen LogP contribution in [-0.4, -0.2) is 60.2 Å². The highest BCUT2D eigenvalue weighted by molar-refractivity contribution is 7.22. The number of ether oxygens (including phenoxy) is 2. The summed E-state index contributed by atoms with van der Waals surface area (Å²) in [6.07, 6.45) is -2.87. The van der Waals surface area contributed by atoms with Crippen molar-refractivity contribution in [3.63, 3.8) is 0 Å². The first kappa shape index (κ1) is 29.0. The lowest BCUT2D eigenvalue weighted by Crippen LogP contribution is -2.51. The van der Waals surface area contributed by atoms with Crippen LogP contribution >= 0.6 is 34.5 Å². The van der Waals surface area contributed by atoms with Gasteiger partial charge in [-0.25, -0.2) is 9.78 Å². The summed E-state index contributed by atoms with van der Waals surface area (Å²) < 4.78 is 54.6. The molecule has 0 radical (unpaired) electrons. The number of benzene rings is 2. The van der Waals surface area contributed by atoms with Gasteiger partial charge in [0.05, 0.1) is 27.4 Å². The molecule has 3 heterocycles. The molecular formula is C28H25Cl2F3N4O4S. The van der Waals surface area contributed by atoms with Gasteiger partial charge in [0.15, 0.2) is 10.9 Å². The lowest BCUT2D eigenvalue weighted by atomic mass is 10.0. The van der Waals surface area contributed by atoms with E-state index in [4.69, 9.17) is 32.5 Å². The van der Waals surface area contributed by atoms with E-state index in [1.807, 2.05) is 6.92 Å². The molecule has 14 heteroatoms. The Labute approximate surface area is 252 Å². The van der Waals surface area contributed by atoms with E-state index in [0.29, 0.717) is 63.2 Å². The maximum Gasteiger partial charge on any atom is 0.573 e. The number of nitrogens with zero attached hydrogens (tertiary/aromatic N) is 4. The van der Waals surface area contributed by atoms with Crippen molar-refractivity contribution in [1.82, 2.24) is 15.0 Å². The standard InChI is InChI=1S/C28H25Cl2F3N4O4S/c1-14-12-36(13-17-23(35-41-25(17)15-6-7-15)22-18(29)4-3-5-19(22)30)8-9-37(14)27-34-24-20(40-28(31,32)33)10-16(26(38)39-2)11-21(24)42-27/h3-5,10-11,14-15H,6-9,12-13H2,1-2H3. The molecule has 1 aliphatic heterocycles. The molecule has 1 saturated carbocycles. The van der Waals surface area contributed by atoms with Crippen molar-refractivity contribution in [3.8, 4) is 17.0 Å². The summed E-state index contributed by atoms with van der Waals surface area (Å²) in [5.74, 6) is -0.120. The molecule has 0 amide bonds. The fourth-order valence-corrected chi connectivity index (χ4v) is 7.02. The number of aromatic nitrogens is 2. The lowest BCUT2D eigenvalue weighted by molar-refractivity contribution is -0.274. The third kappa shape index (κ3) is 5.77. The predicted octanol–water partition coefficient (Wildman–Crippen LogP) is 7.53. The Balaban J connectivity index is 1.26. The van der Waals surface area contributed by atoms with Crippen LogP contribution in [0.3, 0.4) is 0 Å². The number of methoxy groups -OCH3 is 1. The predicted molar refractivity (Wildman–Crippen MR) is 154 cm³/mol. The first-order chi connectivity index (χ1) is 20.0. The van der Waals surface area contributed by atoms with Gasteiger partial charge in [-0.1, -0.05) is 45.8 Å². The fraction of sp³-hybridized carbons (Fsp3) is 0.393. The van der Waals surface area contributed by atoms with Gasteiger partial charge < -0.3 is 18.9 Å². The highest BCUT2D eigenvalue weighted by Crippen LogP contribution is 2.46. The van der Waals surface area contributed by atoms with Crippen LogP contribution in [0.4, 0.5) is 18.3 Å². The number of anilines is 1. The van der Waals surface area contributed by atoms with E-state index in [1.54, 1.807) is 18.2 Å². The minimum Gasteiger partial charge on any atom is -0.465 e. The average molecular weight is 641 g/mol. The Morgan fingerprint density at radius 1 is 1.19 bits per heavy atom. The van der Waals surface area contributed by atoms with Crippen LogP contribution in [0, 0.1) is 0 Å². The number of carbonyl (C=O) groups excluding carboxylic acids is 1. The Morgan fingerprint density at radius 3 is 2.57 bits per heavy atom. The highest BCUT2D eigenvalue weighted by Gasteiger charge is 2.36. The second-order valence-corrected chi connectivity index (χ2v) is 12.2. The first-order valence-electron chi connectivity index (χ1n) is 13.2. The molecule has 2 aromatic carbocycles. The number of hydrogen-bond acceptors (Lipinski definition) is 9. The molecular weight excluding hydrogens is 616 g/mol. The topological polar surface area (TPSA) is 80.9 Å². The third-order valence-electron chi connectivity index (χ3n) is 7.40. The molecule has 0 spiro atoms. The summed E-state index contributed by atoms with van der Waals surface area (Å²) in [6, 6.07) is 7.78. The molecule has 2 aliphatic rings. The van der Waals surface area contributed by atoms with E-state index < -0.39 is 18.1 Å². The Bertz CT molecular complexity index is 1640. The summed E-state index contributed by atoms with van der Waals surface area (Å²) in [4.78, 5) is 21.0. The van der Waals surface area contributed by atoms with Crippen LogP contribution in [0.1, 0.15) is 47.4 Å². The van der Waals surface area contributed by atoms with Crippen LogP contribution in [0.2, 0.25) is 10.0 Å². The van der Waals surface area contributed by atoms with E-state index in [-0.39, 0.29) is 17.1 Å². The van der Waals surface area contributed by atoms with E-state index >= 15 is 0 Å². The van der Waals surface area contributed by atoms with E-state index in [9.17, 15) is 18.0 Å². The number of piperazine rings is 1. The SMILES string of the molecule is COC(=O)c1cc(OC(F)(F)F)c2nc(N3CCN(Cc4c(-c5c(Cl)cccc5Cl)noc4C4CC4)CC3C)sc2c1. The van der Waals surface area contributed by atoms with Crippen LogP contribution in [-0.2, 0) is 11.3 Å². The van der Waals surface area contributed by atoms with Gasteiger partial charge in [0.25, 0.3) is 0 Å². The Kier molecular flexibility index (Phi) is 7.75. The summed E-state index contributed by atoms with van der Waals surface area (Å²) in [7, 11) is 1.16. The van der Waals surface area contributed by atoms with Gasteiger partial charge in [0.2, 0.25) is 0 Å². The maximum absolute atomic E-state index is 13.2. The van der Waals surface area contributed by atoms with Gasteiger partial charge in [-0.2, -0.15) is 0 Å². The van der Waals surface area contributed by atoms with E-state index in [2.05, 4.69) is 24.7 Å². The number of hydrogen-bond donors (Lipinski definition) is 0. The number of carbonyl (C=O) groups is 1. The molecule has 6 rings (SSSR count). The van der Waals surface area contributed by atoms with Gasteiger partial charge in [-0.3, -0.25) is 4.90 Å². The minimum absolute atomic E-state index is 0.0250. The summed E-state index contributed by atoms with van der Waals surface area (Å²) >= 11 is 14.2. The van der Waals surface area contributed by atoms with Crippen molar-refractivity contribution in [2.75, 3.05) is 31.6 Å². The Hall–Kier alpha value is -3.06. The van der Waals surface area contributed by atoms with Crippen molar-refractivity contribution in [2.24, 2.45) is 0 Å². The zero-order valence-corrected chi connectivity index (χ0v) is 24.8. The molecule has 1 atom stereocenters. The van der Waals surface area contributed by atoms with Crippen LogP contribution < -0.4 is 9.64 Å². The molecule has 0 bridgehead atoms. The Morgan fingerprint density at radius 2 is 1.93 bits per heavy atom. The van der Waals surface area contributed by atoms with Crippen molar-refractivity contribution in [2.45, 2.75) is 44.6 Å². The number of rotatable bonds is 7. The molecule has 2 fully saturated rings. The smallest absolute Gasteiger partial charge is 0.465 e. The molecule has 1 saturated heterocycles. The highest BCUT2D eigenvalue weighted by atomic mass is 35.5. The van der Waals surface area contributed by atoms with Crippen molar-refractivity contribution >= 4 is 55.9 Å². The second-order valence-electron chi connectivity index (χ2n) is 10.4. The van der Waals surface area contributed by atoms with Crippen molar-refractivity contribution < 1.29 is 32.0 Å². The molecule has 0 N–H and O–H groups in total. The third-order valence-corrected chi connectivity index (χ3v) is 9.07. The van der Waals surface area contributed by atoms with Crippen LogP contribution in [0.25, 0.3) is 21.5 Å². The zero-order valence-electron chi connectivity index (χ0n) is 22.5. The lowest BCUT2D eigenvalue weighted by Gasteiger charge is -2.39. The van der Waals surface area contributed by atoms with Crippen molar-refractivity contribution in [3.05, 3.63) is 57.3 Å². The second kappa shape index (κ2) is 11.2. The van der Waals surface area contributed by atoms with Crippen LogP contribution in [0.15, 0.2) is 34.9 Å². The number of thiazole rings is 1. The van der Waals surface area contributed by atoms with E-state index in [1.165, 1.54) is 17.4 Å². The molecule has 42 heavy (non-hydrogen) atoms. The van der Waals surface area contributed by atoms with E-state index in [0.717, 1.165) is 37.3 Å². The number of esters is 1. The summed E-state index contributed by atoms with van der Waals surface area (Å²) in [5, 5.41) is 5.92. The molecule has 222 valence electrons. The molecule has 1 unspecified atom stereocenters. The normalized spacial score (nSPS) is 18.1. The molecule has 2 aromatic heterocycles. The first-order valence-corrected chi connectivity index (χ1v) is 14.8. The molecule has 1 aliphatic carbocycles. The zero-order chi connectivity index (χ0) is 29.8. The molecule has 4 aromatic rings. The van der Waals surface area contributed by atoms with Gasteiger partial charge in [0, 0.05) is 49.3 Å². The number of halogens is 5.